The fraction of sp³-hybridized carbons (Fsp3) is 0.800. The molecule has 3 nitrogen and oxygen atoms in total. The van der Waals surface area contributed by atoms with E-state index in [2.05, 4.69) is 25.9 Å². The number of ether oxygens (including phenoxy) is 1. The molecule has 0 aromatic rings. The highest BCUT2D eigenvalue weighted by Gasteiger charge is 2.38. The second kappa shape index (κ2) is 6.38. The predicted molar refractivity (Wildman–Crippen MR) is 73.7 cm³/mol. The van der Waals surface area contributed by atoms with Crippen molar-refractivity contribution < 1.29 is 22.7 Å². The number of nitrogens with zero attached hydrogens (tertiary/aromatic N) is 1. The molecule has 1 saturated carbocycles. The van der Waals surface area contributed by atoms with Gasteiger partial charge in [0.05, 0.1) is 6.10 Å². The Balaban J connectivity index is 1.95. The lowest BCUT2D eigenvalue weighted by Gasteiger charge is -2.38. The Kier molecular flexibility index (Phi) is 4.96. The molecule has 0 aromatic heterocycles. The van der Waals surface area contributed by atoms with Crippen LogP contribution in [0.1, 0.15) is 40.0 Å². The standard InChI is InChI=1S/C15H22F3NO2/c1-9(2)11-5-4-10(3)8-12(11)20-14-7-6-13(19-21-14)15(16,17)18/h6-7,9-12,14H,4-5,8H2,1-3H3/t10-,11+,12-,14-/m1/s1. The number of hydrogen-bond acceptors (Lipinski definition) is 3. The van der Waals surface area contributed by atoms with Crippen LogP contribution in [0.5, 0.6) is 0 Å². The number of oxime groups is 1. The summed E-state index contributed by atoms with van der Waals surface area (Å²) in [4.78, 5) is 4.84. The summed E-state index contributed by atoms with van der Waals surface area (Å²) in [5.74, 6) is 1.45. The first-order valence-electron chi connectivity index (χ1n) is 7.42. The zero-order chi connectivity index (χ0) is 15.6. The van der Waals surface area contributed by atoms with Gasteiger partial charge in [-0.2, -0.15) is 13.2 Å². The van der Waals surface area contributed by atoms with Crippen molar-refractivity contribution >= 4 is 5.71 Å². The van der Waals surface area contributed by atoms with E-state index in [0.717, 1.165) is 18.9 Å². The highest BCUT2D eigenvalue weighted by Crippen LogP contribution is 2.36. The van der Waals surface area contributed by atoms with Crippen molar-refractivity contribution in [3.63, 3.8) is 0 Å². The van der Waals surface area contributed by atoms with Gasteiger partial charge in [-0.15, -0.1) is 0 Å². The Morgan fingerprint density at radius 2 is 2.05 bits per heavy atom. The first kappa shape index (κ1) is 16.3. The van der Waals surface area contributed by atoms with E-state index >= 15 is 0 Å². The van der Waals surface area contributed by atoms with Crippen molar-refractivity contribution in [1.82, 2.24) is 0 Å². The highest BCUT2D eigenvalue weighted by molar-refractivity contribution is 5.99. The Morgan fingerprint density at radius 3 is 2.57 bits per heavy atom. The van der Waals surface area contributed by atoms with Crippen molar-refractivity contribution in [3.8, 4) is 0 Å². The maximum Gasteiger partial charge on any atom is 0.436 e. The molecule has 0 amide bonds. The van der Waals surface area contributed by atoms with Gasteiger partial charge in [0.1, 0.15) is 0 Å². The molecule has 1 heterocycles. The molecule has 0 aromatic carbocycles. The molecule has 0 saturated heterocycles. The van der Waals surface area contributed by atoms with E-state index in [1.54, 1.807) is 0 Å². The van der Waals surface area contributed by atoms with Crippen LogP contribution in [0, 0.1) is 17.8 Å². The van der Waals surface area contributed by atoms with Gasteiger partial charge in [0, 0.05) is 0 Å². The normalized spacial score (nSPS) is 33.8. The summed E-state index contributed by atoms with van der Waals surface area (Å²) >= 11 is 0. The van der Waals surface area contributed by atoms with E-state index in [9.17, 15) is 13.2 Å². The molecule has 0 N–H and O–H groups in total. The Bertz CT molecular complexity index is 418. The lowest BCUT2D eigenvalue weighted by atomic mass is 9.75. The maximum absolute atomic E-state index is 12.4. The molecular formula is C15H22F3NO2. The fourth-order valence-corrected chi connectivity index (χ4v) is 3.00. The van der Waals surface area contributed by atoms with Crippen LogP contribution >= 0.6 is 0 Å². The molecule has 6 heteroatoms. The molecule has 1 fully saturated rings. The molecule has 1 aliphatic heterocycles. The quantitative estimate of drug-likeness (QED) is 0.778. The Morgan fingerprint density at radius 1 is 1.33 bits per heavy atom. The molecule has 4 atom stereocenters. The Labute approximate surface area is 123 Å². The minimum Gasteiger partial charge on any atom is -0.359 e. The second-order valence-corrected chi connectivity index (χ2v) is 6.31. The largest absolute Gasteiger partial charge is 0.436 e. The zero-order valence-corrected chi connectivity index (χ0v) is 12.6. The second-order valence-electron chi connectivity index (χ2n) is 6.31. The van der Waals surface area contributed by atoms with Crippen LogP contribution in [0.3, 0.4) is 0 Å². The van der Waals surface area contributed by atoms with Crippen molar-refractivity contribution in [3.05, 3.63) is 12.2 Å². The average molecular weight is 305 g/mol. The summed E-state index contributed by atoms with van der Waals surface area (Å²) in [6, 6.07) is 0. The van der Waals surface area contributed by atoms with Gasteiger partial charge >= 0.3 is 6.18 Å². The minimum absolute atomic E-state index is 0.00559. The number of allylic oxidation sites excluding steroid dienone is 1. The van der Waals surface area contributed by atoms with E-state index in [1.165, 1.54) is 12.5 Å². The molecule has 0 unspecified atom stereocenters. The third-order valence-corrected chi connectivity index (χ3v) is 4.23. The number of hydrogen-bond donors (Lipinski definition) is 0. The predicted octanol–water partition coefficient (Wildman–Crippen LogP) is 4.29. The third-order valence-electron chi connectivity index (χ3n) is 4.23. The summed E-state index contributed by atoms with van der Waals surface area (Å²) in [7, 11) is 0. The van der Waals surface area contributed by atoms with Crippen molar-refractivity contribution in [2.75, 3.05) is 0 Å². The minimum atomic E-state index is -4.48. The van der Waals surface area contributed by atoms with E-state index in [0.29, 0.717) is 17.8 Å². The van der Waals surface area contributed by atoms with Crippen molar-refractivity contribution in [2.45, 2.75) is 58.6 Å². The first-order valence-corrected chi connectivity index (χ1v) is 7.42. The summed E-state index contributed by atoms with van der Waals surface area (Å²) in [5, 5.41) is 3.12. The van der Waals surface area contributed by atoms with Gasteiger partial charge in [0.2, 0.25) is 6.29 Å². The maximum atomic E-state index is 12.4. The van der Waals surface area contributed by atoms with Crippen molar-refractivity contribution in [2.24, 2.45) is 22.9 Å². The Hall–Kier alpha value is -1.04. The summed E-state index contributed by atoms with van der Waals surface area (Å²) in [6.07, 6.45) is 0.0567. The molecule has 120 valence electrons. The first-order chi connectivity index (χ1) is 9.77. The van der Waals surface area contributed by atoms with Gasteiger partial charge in [0.25, 0.3) is 0 Å². The van der Waals surface area contributed by atoms with Gasteiger partial charge in [-0.05, 0) is 42.7 Å². The molecule has 21 heavy (non-hydrogen) atoms. The molecule has 0 radical (unpaired) electrons. The van der Waals surface area contributed by atoms with Crippen LogP contribution in [0.15, 0.2) is 17.3 Å². The van der Waals surface area contributed by atoms with Gasteiger partial charge in [-0.3, -0.25) is 0 Å². The van der Waals surface area contributed by atoms with Gasteiger partial charge in [0.15, 0.2) is 5.71 Å². The van der Waals surface area contributed by atoms with Crippen LogP contribution in [-0.4, -0.2) is 24.3 Å². The van der Waals surface area contributed by atoms with Crippen LogP contribution in [-0.2, 0) is 9.57 Å². The van der Waals surface area contributed by atoms with Gasteiger partial charge in [-0.1, -0.05) is 32.3 Å². The average Bonchev–Trinajstić information content (AvgIpc) is 2.38. The van der Waals surface area contributed by atoms with E-state index < -0.39 is 18.2 Å². The molecule has 2 aliphatic rings. The van der Waals surface area contributed by atoms with Gasteiger partial charge in [-0.25, -0.2) is 0 Å². The van der Waals surface area contributed by atoms with Gasteiger partial charge < -0.3 is 9.57 Å². The van der Waals surface area contributed by atoms with E-state index in [1.807, 2.05) is 0 Å². The monoisotopic (exact) mass is 305 g/mol. The smallest absolute Gasteiger partial charge is 0.359 e. The summed E-state index contributed by atoms with van der Waals surface area (Å²) < 4.78 is 43.2. The molecule has 2 rings (SSSR count). The van der Waals surface area contributed by atoms with Crippen LogP contribution in [0.4, 0.5) is 13.2 Å². The lowest BCUT2D eigenvalue weighted by molar-refractivity contribution is -0.175. The summed E-state index contributed by atoms with van der Waals surface area (Å²) in [5.41, 5.74) is -1.03. The number of rotatable bonds is 3. The fourth-order valence-electron chi connectivity index (χ4n) is 3.00. The van der Waals surface area contributed by atoms with E-state index in [-0.39, 0.29) is 6.10 Å². The van der Waals surface area contributed by atoms with Crippen molar-refractivity contribution in [1.29, 1.82) is 0 Å². The SMILES string of the molecule is CC(C)[C@@H]1CC[C@@H](C)C[C@H]1O[C@H]1C=CC(C(F)(F)F)=NO1. The topological polar surface area (TPSA) is 30.8 Å². The van der Waals surface area contributed by atoms with Crippen LogP contribution < -0.4 is 0 Å². The highest BCUT2D eigenvalue weighted by atomic mass is 19.4. The van der Waals surface area contributed by atoms with Crippen LogP contribution in [0.25, 0.3) is 0 Å². The molecule has 0 spiro atoms. The zero-order valence-electron chi connectivity index (χ0n) is 12.6. The molecule has 1 aliphatic carbocycles. The summed E-state index contributed by atoms with van der Waals surface area (Å²) in [6.45, 7) is 6.47. The van der Waals surface area contributed by atoms with E-state index in [4.69, 9.17) is 9.57 Å². The number of halogens is 3. The number of alkyl halides is 3. The molecule has 0 bridgehead atoms. The van der Waals surface area contributed by atoms with Crippen LogP contribution in [0.2, 0.25) is 0 Å². The lowest BCUT2D eigenvalue weighted by Crippen LogP contribution is -2.38. The third kappa shape index (κ3) is 4.22. The molecular weight excluding hydrogens is 283 g/mol.